The highest BCUT2D eigenvalue weighted by atomic mass is 127. The fourth-order valence-corrected chi connectivity index (χ4v) is 3.36. The van der Waals surface area contributed by atoms with Gasteiger partial charge < -0.3 is 20.1 Å². The highest BCUT2D eigenvalue weighted by Crippen LogP contribution is 2.24. The number of nitrogens with one attached hydrogen (secondary N) is 2. The van der Waals surface area contributed by atoms with Crippen molar-refractivity contribution >= 4 is 29.9 Å². The van der Waals surface area contributed by atoms with Crippen molar-refractivity contribution in [2.75, 3.05) is 40.9 Å². The Kier molecular flexibility index (Phi) is 11.6. The second-order valence-corrected chi connectivity index (χ2v) is 7.16. The lowest BCUT2D eigenvalue weighted by Gasteiger charge is -2.19. The minimum absolute atomic E-state index is 0. The Morgan fingerprint density at radius 3 is 2.40 bits per heavy atom. The number of nitrogens with zero attached hydrogens (tertiary/aromatic N) is 2. The Hall–Kier alpha value is -1.43. The van der Waals surface area contributed by atoms with Crippen molar-refractivity contribution in [2.24, 2.45) is 4.99 Å². The second-order valence-electron chi connectivity index (χ2n) is 7.16. The summed E-state index contributed by atoms with van der Waals surface area (Å²) in [6, 6.07) is 6.10. The Bertz CT molecular complexity index is 652. The molecule has 6 nitrogen and oxygen atoms in total. The summed E-state index contributed by atoms with van der Waals surface area (Å²) in [6.45, 7) is 3.05. The van der Waals surface area contributed by atoms with Crippen LogP contribution < -0.4 is 20.1 Å². The molecule has 1 heterocycles. The molecule has 0 aromatic heterocycles. The molecule has 30 heavy (non-hydrogen) atoms. The molecule has 0 saturated carbocycles. The van der Waals surface area contributed by atoms with Gasteiger partial charge in [0.1, 0.15) is 11.5 Å². The molecule has 1 saturated heterocycles. The lowest BCUT2D eigenvalue weighted by molar-refractivity contribution is -0.135. The Morgan fingerprint density at radius 2 is 1.83 bits per heavy atom. The summed E-state index contributed by atoms with van der Waals surface area (Å²) in [5, 5.41) is 6.46. The van der Waals surface area contributed by atoms with E-state index in [9.17, 15) is 13.2 Å². The van der Waals surface area contributed by atoms with Crippen LogP contribution in [-0.2, 0) is 6.54 Å². The van der Waals surface area contributed by atoms with Crippen LogP contribution in [0.2, 0.25) is 0 Å². The molecule has 1 unspecified atom stereocenters. The third-order valence-corrected chi connectivity index (χ3v) is 4.83. The van der Waals surface area contributed by atoms with Gasteiger partial charge in [0.25, 0.3) is 0 Å². The SMILES string of the molecule is CN=C(NCCCCC(F)(F)F)NC1CCN(Cc2cc(OC)cc(OC)c2)C1.I. The van der Waals surface area contributed by atoms with Crippen LogP contribution >= 0.6 is 24.0 Å². The zero-order chi connectivity index (χ0) is 21.3. The molecule has 0 radical (unpaired) electrons. The zero-order valence-electron chi connectivity index (χ0n) is 17.7. The maximum absolute atomic E-state index is 12.2. The summed E-state index contributed by atoms with van der Waals surface area (Å²) in [5.74, 6) is 2.17. The van der Waals surface area contributed by atoms with Crippen molar-refractivity contribution in [1.29, 1.82) is 0 Å². The molecular formula is C20H32F3IN4O2. The molecule has 0 amide bonds. The first-order valence-corrected chi connectivity index (χ1v) is 9.81. The van der Waals surface area contributed by atoms with Crippen LogP contribution in [0.3, 0.4) is 0 Å². The third-order valence-electron chi connectivity index (χ3n) is 4.83. The van der Waals surface area contributed by atoms with E-state index in [-0.39, 0.29) is 36.4 Å². The van der Waals surface area contributed by atoms with Gasteiger partial charge in [-0.05, 0) is 37.0 Å². The molecule has 2 N–H and O–H groups in total. The van der Waals surface area contributed by atoms with E-state index in [1.54, 1.807) is 21.3 Å². The van der Waals surface area contributed by atoms with Gasteiger partial charge in [-0.3, -0.25) is 9.89 Å². The van der Waals surface area contributed by atoms with E-state index in [2.05, 4.69) is 20.5 Å². The largest absolute Gasteiger partial charge is 0.497 e. The Balaban J connectivity index is 0.00000450. The Labute approximate surface area is 193 Å². The molecule has 1 aliphatic heterocycles. The topological polar surface area (TPSA) is 58.1 Å². The van der Waals surface area contributed by atoms with Crippen molar-refractivity contribution in [3.63, 3.8) is 0 Å². The van der Waals surface area contributed by atoms with Crippen molar-refractivity contribution in [3.05, 3.63) is 23.8 Å². The lowest BCUT2D eigenvalue weighted by Crippen LogP contribution is -2.44. The number of rotatable bonds is 9. The summed E-state index contributed by atoms with van der Waals surface area (Å²) in [7, 11) is 4.94. The summed E-state index contributed by atoms with van der Waals surface area (Å²) in [5.41, 5.74) is 1.12. The highest BCUT2D eigenvalue weighted by molar-refractivity contribution is 14.0. The number of ether oxygens (including phenoxy) is 2. The van der Waals surface area contributed by atoms with Crippen LogP contribution in [-0.4, -0.2) is 64.0 Å². The number of aliphatic imine (C=N–C) groups is 1. The molecule has 1 aromatic rings. The average Bonchev–Trinajstić information content (AvgIpc) is 3.12. The molecule has 2 rings (SSSR count). The van der Waals surface area contributed by atoms with E-state index >= 15 is 0 Å². The third kappa shape index (κ3) is 9.59. The number of guanidine groups is 1. The molecule has 1 aliphatic rings. The van der Waals surface area contributed by atoms with Gasteiger partial charge in [0.15, 0.2) is 5.96 Å². The summed E-state index contributed by atoms with van der Waals surface area (Å²) in [4.78, 5) is 6.51. The Morgan fingerprint density at radius 1 is 1.17 bits per heavy atom. The number of methoxy groups -OCH3 is 2. The van der Waals surface area contributed by atoms with E-state index in [1.807, 2.05) is 18.2 Å². The van der Waals surface area contributed by atoms with Crippen LogP contribution in [0, 0.1) is 0 Å². The standard InChI is InChI=1S/C20H31F3N4O2.HI/c1-24-19(25-8-5-4-7-20(21,22)23)26-16-6-9-27(14-16)13-15-10-17(28-2)12-18(11-15)29-3;/h10-12,16H,4-9,13-14H2,1-3H3,(H2,24,25,26);1H. The highest BCUT2D eigenvalue weighted by Gasteiger charge is 2.26. The van der Waals surface area contributed by atoms with E-state index in [0.29, 0.717) is 18.9 Å². The van der Waals surface area contributed by atoms with Gasteiger partial charge >= 0.3 is 6.18 Å². The van der Waals surface area contributed by atoms with Crippen LogP contribution in [0.1, 0.15) is 31.2 Å². The summed E-state index contributed by atoms with van der Waals surface area (Å²) >= 11 is 0. The van der Waals surface area contributed by atoms with E-state index < -0.39 is 12.6 Å². The quantitative estimate of drug-likeness (QED) is 0.215. The monoisotopic (exact) mass is 544 g/mol. The smallest absolute Gasteiger partial charge is 0.389 e. The minimum atomic E-state index is -4.08. The van der Waals surface area contributed by atoms with E-state index in [0.717, 1.165) is 43.1 Å². The summed E-state index contributed by atoms with van der Waals surface area (Å²) < 4.78 is 47.2. The fraction of sp³-hybridized carbons (Fsp3) is 0.650. The van der Waals surface area contributed by atoms with Gasteiger partial charge in [-0.1, -0.05) is 0 Å². The first kappa shape index (κ1) is 26.6. The van der Waals surface area contributed by atoms with Crippen LogP contribution in [0.5, 0.6) is 11.5 Å². The van der Waals surface area contributed by atoms with Crippen molar-refractivity contribution in [2.45, 2.75) is 44.4 Å². The second kappa shape index (κ2) is 13.1. The number of halogens is 4. The number of likely N-dealkylation sites (tertiary alicyclic amines) is 1. The van der Waals surface area contributed by atoms with Crippen molar-refractivity contribution in [1.82, 2.24) is 15.5 Å². The maximum atomic E-state index is 12.2. The number of hydrogen-bond donors (Lipinski definition) is 2. The molecule has 1 atom stereocenters. The van der Waals surface area contributed by atoms with Crippen molar-refractivity contribution in [3.8, 4) is 11.5 Å². The number of benzene rings is 1. The van der Waals surface area contributed by atoms with Gasteiger partial charge in [-0.15, -0.1) is 24.0 Å². The lowest BCUT2D eigenvalue weighted by atomic mass is 10.2. The maximum Gasteiger partial charge on any atom is 0.389 e. The predicted molar refractivity (Wildman–Crippen MR) is 123 cm³/mol. The molecule has 0 bridgehead atoms. The molecule has 0 aliphatic carbocycles. The van der Waals surface area contributed by atoms with Crippen LogP contribution in [0.4, 0.5) is 13.2 Å². The molecule has 0 spiro atoms. The first-order valence-electron chi connectivity index (χ1n) is 9.81. The van der Waals surface area contributed by atoms with Crippen LogP contribution in [0.25, 0.3) is 0 Å². The molecular weight excluding hydrogens is 512 g/mol. The normalized spacial score (nSPS) is 17.4. The molecule has 1 aromatic carbocycles. The van der Waals surface area contributed by atoms with Crippen LogP contribution in [0.15, 0.2) is 23.2 Å². The molecule has 10 heteroatoms. The zero-order valence-corrected chi connectivity index (χ0v) is 20.0. The summed E-state index contributed by atoms with van der Waals surface area (Å²) in [6.07, 6.45) is -3.29. The fourth-order valence-electron chi connectivity index (χ4n) is 3.36. The van der Waals surface area contributed by atoms with Gasteiger partial charge in [0, 0.05) is 51.8 Å². The van der Waals surface area contributed by atoms with Gasteiger partial charge in [-0.25, -0.2) is 0 Å². The van der Waals surface area contributed by atoms with Gasteiger partial charge in [0.2, 0.25) is 0 Å². The first-order chi connectivity index (χ1) is 13.8. The number of unbranched alkanes of at least 4 members (excludes halogenated alkanes) is 1. The number of hydrogen-bond acceptors (Lipinski definition) is 4. The van der Waals surface area contributed by atoms with E-state index in [4.69, 9.17) is 9.47 Å². The molecule has 172 valence electrons. The molecule has 1 fully saturated rings. The number of alkyl halides is 3. The van der Waals surface area contributed by atoms with Gasteiger partial charge in [-0.2, -0.15) is 13.2 Å². The van der Waals surface area contributed by atoms with Gasteiger partial charge in [0.05, 0.1) is 14.2 Å². The van der Waals surface area contributed by atoms with Crippen molar-refractivity contribution < 1.29 is 22.6 Å². The van der Waals surface area contributed by atoms with E-state index in [1.165, 1.54) is 0 Å². The minimum Gasteiger partial charge on any atom is -0.497 e. The average molecular weight is 544 g/mol. The predicted octanol–water partition coefficient (Wildman–Crippen LogP) is 3.79.